The second-order valence-corrected chi connectivity index (χ2v) is 9.23. The van der Waals surface area contributed by atoms with E-state index in [4.69, 9.17) is 0 Å². The maximum absolute atomic E-state index is 11.2. The zero-order valence-corrected chi connectivity index (χ0v) is 21.1. The SMILES string of the molecule is C=C1N(CCCCS(=O)(=O)[O-])c2ccc(S(=O)(=O)[O-])cc2C1(C)C.[Na+].[Na+]. The van der Waals surface area contributed by atoms with Gasteiger partial charge in [0.25, 0.3) is 0 Å². The van der Waals surface area contributed by atoms with Gasteiger partial charge in [0.05, 0.1) is 15.0 Å². The molecule has 0 atom stereocenters. The molecule has 1 aliphatic heterocycles. The van der Waals surface area contributed by atoms with Gasteiger partial charge in [0, 0.05) is 29.1 Å². The summed E-state index contributed by atoms with van der Waals surface area (Å²) < 4.78 is 65.7. The molecule has 0 saturated carbocycles. The Hall–Kier alpha value is 0.580. The van der Waals surface area contributed by atoms with Gasteiger partial charge in [0.1, 0.15) is 10.1 Å². The Kier molecular flexibility index (Phi) is 9.59. The minimum atomic E-state index is -4.55. The molecule has 1 heterocycles. The summed E-state index contributed by atoms with van der Waals surface area (Å²) in [6.45, 7) is 8.24. The van der Waals surface area contributed by atoms with E-state index in [1.807, 2.05) is 18.7 Å². The van der Waals surface area contributed by atoms with Crippen molar-refractivity contribution < 1.29 is 85.1 Å². The van der Waals surface area contributed by atoms with Gasteiger partial charge in [0.15, 0.2) is 0 Å². The van der Waals surface area contributed by atoms with Crippen LogP contribution in [0.25, 0.3) is 0 Å². The molecule has 0 aromatic heterocycles. The van der Waals surface area contributed by atoms with Crippen LogP contribution < -0.4 is 64.0 Å². The largest absolute Gasteiger partial charge is 1.00 e. The molecule has 1 aromatic carbocycles. The van der Waals surface area contributed by atoms with Crippen LogP contribution >= 0.6 is 0 Å². The van der Waals surface area contributed by atoms with Crippen molar-refractivity contribution in [3.8, 4) is 0 Å². The minimum absolute atomic E-state index is 0. The van der Waals surface area contributed by atoms with Gasteiger partial charge in [-0.1, -0.05) is 20.4 Å². The number of hydrogen-bond donors (Lipinski definition) is 0. The van der Waals surface area contributed by atoms with Crippen molar-refractivity contribution in [1.82, 2.24) is 0 Å². The van der Waals surface area contributed by atoms with E-state index in [1.165, 1.54) is 12.1 Å². The van der Waals surface area contributed by atoms with Crippen LogP contribution in [0.15, 0.2) is 35.4 Å². The predicted molar refractivity (Wildman–Crippen MR) is 87.7 cm³/mol. The quantitative estimate of drug-likeness (QED) is 0.259. The Balaban J connectivity index is 0.00000312. The summed E-state index contributed by atoms with van der Waals surface area (Å²) in [5.41, 5.74) is 1.59. The Morgan fingerprint density at radius 1 is 1.08 bits per heavy atom. The average molecular weight is 419 g/mol. The van der Waals surface area contributed by atoms with E-state index < -0.39 is 31.4 Å². The standard InChI is InChI=1S/C15H21NO6S2.2Na/c1-11-15(2,3)13-10-12(24(20,21)22)6-7-14(13)16(11)8-4-5-9-23(17,18)19;;/h6-7,10H,1,4-5,8-9H2,2-3H3,(H,17,18,19)(H,20,21,22);;/q;2*+1/p-2. The minimum Gasteiger partial charge on any atom is -0.748 e. The van der Waals surface area contributed by atoms with Gasteiger partial charge in [-0.2, -0.15) is 0 Å². The van der Waals surface area contributed by atoms with Crippen LogP contribution in [0.4, 0.5) is 5.69 Å². The fourth-order valence-electron chi connectivity index (χ4n) is 2.85. The molecule has 1 aromatic rings. The van der Waals surface area contributed by atoms with Crippen LogP contribution in [0.5, 0.6) is 0 Å². The van der Waals surface area contributed by atoms with Crippen LogP contribution in [0, 0.1) is 0 Å². The summed E-state index contributed by atoms with van der Waals surface area (Å²) in [6, 6.07) is 4.18. The van der Waals surface area contributed by atoms with Gasteiger partial charge < -0.3 is 14.0 Å². The van der Waals surface area contributed by atoms with Gasteiger partial charge >= 0.3 is 59.1 Å². The molecule has 0 N–H and O–H groups in total. The van der Waals surface area contributed by atoms with E-state index in [0.29, 0.717) is 18.5 Å². The molecule has 0 spiro atoms. The molecule has 26 heavy (non-hydrogen) atoms. The molecule has 0 aliphatic carbocycles. The fourth-order valence-corrected chi connectivity index (χ4v) is 3.90. The molecule has 7 nitrogen and oxygen atoms in total. The van der Waals surface area contributed by atoms with Crippen LogP contribution in [0.3, 0.4) is 0 Å². The smallest absolute Gasteiger partial charge is 0.748 e. The maximum Gasteiger partial charge on any atom is 1.00 e. The summed E-state index contributed by atoms with van der Waals surface area (Å²) in [5.74, 6) is -0.420. The third-order valence-electron chi connectivity index (χ3n) is 4.29. The van der Waals surface area contributed by atoms with E-state index in [0.717, 1.165) is 11.4 Å². The number of anilines is 1. The zero-order chi connectivity index (χ0) is 18.3. The summed E-state index contributed by atoms with van der Waals surface area (Å²) in [4.78, 5) is 1.58. The summed E-state index contributed by atoms with van der Waals surface area (Å²) >= 11 is 0. The van der Waals surface area contributed by atoms with Gasteiger partial charge in [-0.15, -0.1) is 0 Å². The van der Waals surface area contributed by atoms with Gasteiger partial charge in [0.2, 0.25) is 0 Å². The van der Waals surface area contributed by atoms with Crippen molar-refractivity contribution in [3.05, 3.63) is 36.0 Å². The first-order valence-corrected chi connectivity index (χ1v) is 10.3. The number of allylic oxidation sites excluding steroid dienone is 1. The molecule has 1 aliphatic rings. The first kappa shape index (κ1) is 26.6. The Morgan fingerprint density at radius 3 is 2.15 bits per heavy atom. The van der Waals surface area contributed by atoms with Crippen molar-refractivity contribution in [3.63, 3.8) is 0 Å². The third kappa shape index (κ3) is 6.04. The third-order valence-corrected chi connectivity index (χ3v) is 5.91. The molecule has 0 fully saturated rings. The number of fused-ring (bicyclic) bond motifs is 1. The Labute approximate surface area is 199 Å². The number of unbranched alkanes of at least 4 members (excludes halogenated alkanes) is 1. The zero-order valence-electron chi connectivity index (χ0n) is 15.5. The molecule has 0 bridgehead atoms. The topological polar surface area (TPSA) is 118 Å². The van der Waals surface area contributed by atoms with Crippen molar-refractivity contribution in [2.45, 2.75) is 37.0 Å². The summed E-state index contributed by atoms with van der Waals surface area (Å²) in [7, 11) is -8.78. The molecule has 0 amide bonds. The van der Waals surface area contributed by atoms with E-state index in [2.05, 4.69) is 6.58 Å². The molecule has 2 rings (SSSR count). The number of rotatable bonds is 6. The monoisotopic (exact) mass is 419 g/mol. The predicted octanol–water partition coefficient (Wildman–Crippen LogP) is -4.46. The van der Waals surface area contributed by atoms with Crippen molar-refractivity contribution in [1.29, 1.82) is 0 Å². The van der Waals surface area contributed by atoms with E-state index >= 15 is 0 Å². The van der Waals surface area contributed by atoms with Crippen molar-refractivity contribution in [2.75, 3.05) is 17.2 Å². The number of nitrogens with zero attached hydrogens (tertiary/aromatic N) is 1. The second-order valence-electron chi connectivity index (χ2n) is 6.33. The maximum atomic E-state index is 11.2. The summed E-state index contributed by atoms with van der Waals surface area (Å²) in [5, 5.41) is 0. The van der Waals surface area contributed by atoms with Crippen molar-refractivity contribution in [2.24, 2.45) is 0 Å². The molecular formula is C15H19NNa2O6S2. The molecule has 0 unspecified atom stereocenters. The number of benzene rings is 1. The van der Waals surface area contributed by atoms with Crippen LogP contribution in [0.2, 0.25) is 0 Å². The van der Waals surface area contributed by atoms with Gasteiger partial charge in [-0.3, -0.25) is 0 Å². The molecular weight excluding hydrogens is 400 g/mol. The molecule has 134 valence electrons. The normalized spacial score (nSPS) is 15.8. The molecule has 0 saturated heterocycles. The van der Waals surface area contributed by atoms with Gasteiger partial charge in [-0.25, -0.2) is 16.8 Å². The Morgan fingerprint density at radius 2 is 1.65 bits per heavy atom. The van der Waals surface area contributed by atoms with Gasteiger partial charge in [-0.05, 0) is 36.6 Å². The first-order chi connectivity index (χ1) is 10.8. The van der Waals surface area contributed by atoms with Crippen LogP contribution in [-0.4, -0.2) is 38.2 Å². The number of hydrogen-bond acceptors (Lipinski definition) is 7. The molecule has 11 heteroatoms. The van der Waals surface area contributed by atoms with E-state index in [-0.39, 0.29) is 70.4 Å². The van der Waals surface area contributed by atoms with E-state index in [1.54, 1.807) is 6.07 Å². The second kappa shape index (κ2) is 9.39. The van der Waals surface area contributed by atoms with Crippen molar-refractivity contribution >= 4 is 25.9 Å². The molecule has 0 radical (unpaired) electrons. The van der Waals surface area contributed by atoms with Crippen LogP contribution in [0.1, 0.15) is 32.3 Å². The summed E-state index contributed by atoms with van der Waals surface area (Å²) in [6.07, 6.45) is 0.704. The first-order valence-electron chi connectivity index (χ1n) is 7.35. The fraction of sp³-hybridized carbons (Fsp3) is 0.467. The average Bonchev–Trinajstić information content (AvgIpc) is 2.61. The van der Waals surface area contributed by atoms with Crippen LogP contribution in [-0.2, 0) is 25.7 Å². The Bertz CT molecular complexity index is 881. The van der Waals surface area contributed by atoms with E-state index in [9.17, 15) is 25.9 Å².